The molecule has 1 heterocycles. The number of halogens is 5. The third kappa shape index (κ3) is 1.82. The Bertz CT molecular complexity index is 450. The zero-order valence-corrected chi connectivity index (χ0v) is 9.19. The highest BCUT2D eigenvalue weighted by molar-refractivity contribution is 5.52. The Hall–Kier alpha value is -1.37. The largest absolute Gasteiger partial charge is 0.394 e. The normalized spacial score (nSPS) is 19.7. The van der Waals surface area contributed by atoms with Crippen LogP contribution in [0, 0.1) is 29.1 Å². The van der Waals surface area contributed by atoms with Gasteiger partial charge in [-0.3, -0.25) is 0 Å². The molecule has 1 fully saturated rings. The van der Waals surface area contributed by atoms with Crippen LogP contribution in [0.1, 0.15) is 12.8 Å². The summed E-state index contributed by atoms with van der Waals surface area (Å²) in [5.41, 5.74) is -0.956. The molecule has 0 saturated carbocycles. The lowest BCUT2D eigenvalue weighted by Gasteiger charge is -2.26. The number of rotatable bonds is 2. The molecule has 2 nitrogen and oxygen atoms in total. The first-order valence-electron chi connectivity index (χ1n) is 5.38. The van der Waals surface area contributed by atoms with E-state index in [1.807, 2.05) is 0 Å². The summed E-state index contributed by atoms with van der Waals surface area (Å²) in [6, 6.07) is -0.627. The summed E-state index contributed by atoms with van der Waals surface area (Å²) in [4.78, 5) is 1.02. The Morgan fingerprint density at radius 1 is 0.944 bits per heavy atom. The molecule has 1 saturated heterocycles. The topological polar surface area (TPSA) is 23.5 Å². The van der Waals surface area contributed by atoms with Gasteiger partial charge in [-0.05, 0) is 12.8 Å². The van der Waals surface area contributed by atoms with Gasteiger partial charge >= 0.3 is 0 Å². The van der Waals surface area contributed by atoms with E-state index in [0.717, 1.165) is 4.90 Å². The number of hydrogen-bond donors (Lipinski definition) is 1. The van der Waals surface area contributed by atoms with Crippen molar-refractivity contribution >= 4 is 5.69 Å². The van der Waals surface area contributed by atoms with Crippen LogP contribution < -0.4 is 4.90 Å². The Morgan fingerprint density at radius 2 is 1.44 bits per heavy atom. The van der Waals surface area contributed by atoms with Gasteiger partial charge in [-0.15, -0.1) is 0 Å². The summed E-state index contributed by atoms with van der Waals surface area (Å²) in [6.07, 6.45) is 0.959. The molecule has 1 aliphatic heterocycles. The van der Waals surface area contributed by atoms with Gasteiger partial charge in [-0.2, -0.15) is 0 Å². The molecular weight excluding hydrogens is 257 g/mol. The highest BCUT2D eigenvalue weighted by Crippen LogP contribution is 2.34. The predicted molar refractivity (Wildman–Crippen MR) is 53.7 cm³/mol. The molecule has 0 amide bonds. The summed E-state index contributed by atoms with van der Waals surface area (Å²) < 4.78 is 66.0. The quantitative estimate of drug-likeness (QED) is 0.505. The van der Waals surface area contributed by atoms with E-state index >= 15 is 0 Å². The van der Waals surface area contributed by atoms with Crippen molar-refractivity contribution in [3.8, 4) is 0 Å². The van der Waals surface area contributed by atoms with Gasteiger partial charge in [-0.1, -0.05) is 0 Å². The number of aliphatic hydroxyl groups excluding tert-OH is 1. The molecule has 1 aliphatic rings. The average molecular weight is 267 g/mol. The van der Waals surface area contributed by atoms with Crippen molar-refractivity contribution in [2.45, 2.75) is 18.9 Å². The zero-order valence-electron chi connectivity index (χ0n) is 9.19. The van der Waals surface area contributed by atoms with E-state index in [2.05, 4.69) is 0 Å². The predicted octanol–water partition coefficient (Wildman–Crippen LogP) is 2.34. The number of anilines is 1. The molecule has 0 aliphatic carbocycles. The summed E-state index contributed by atoms with van der Waals surface area (Å²) in [6.45, 7) is -0.261. The molecular formula is C11H10F5NO. The van der Waals surface area contributed by atoms with E-state index < -0.39 is 47.4 Å². The van der Waals surface area contributed by atoms with Gasteiger partial charge in [0.05, 0.1) is 12.6 Å². The van der Waals surface area contributed by atoms with Crippen LogP contribution in [0.4, 0.5) is 27.6 Å². The van der Waals surface area contributed by atoms with E-state index in [-0.39, 0.29) is 6.54 Å². The van der Waals surface area contributed by atoms with Gasteiger partial charge in [0, 0.05) is 6.54 Å². The Balaban J connectivity index is 2.57. The highest BCUT2D eigenvalue weighted by Gasteiger charge is 2.34. The molecule has 1 unspecified atom stereocenters. The van der Waals surface area contributed by atoms with Crippen molar-refractivity contribution in [1.82, 2.24) is 0 Å². The van der Waals surface area contributed by atoms with Crippen molar-refractivity contribution in [3.63, 3.8) is 0 Å². The van der Waals surface area contributed by atoms with E-state index in [9.17, 15) is 22.0 Å². The maximum Gasteiger partial charge on any atom is 0.200 e. The first kappa shape index (κ1) is 13.1. The second-order valence-electron chi connectivity index (χ2n) is 4.09. The number of benzene rings is 1. The van der Waals surface area contributed by atoms with Crippen LogP contribution in [0.15, 0.2) is 0 Å². The minimum Gasteiger partial charge on any atom is -0.394 e. The fourth-order valence-electron chi connectivity index (χ4n) is 2.17. The van der Waals surface area contributed by atoms with Crippen molar-refractivity contribution in [1.29, 1.82) is 0 Å². The van der Waals surface area contributed by atoms with Crippen molar-refractivity contribution in [3.05, 3.63) is 29.1 Å². The average Bonchev–Trinajstić information content (AvgIpc) is 2.82. The lowest BCUT2D eigenvalue weighted by molar-refractivity contribution is 0.264. The standard InChI is InChI=1S/C11H10F5NO/c12-6-7(13)9(15)11(10(16)8(6)14)17-3-1-2-5(17)4-18/h5,18H,1-4H2. The van der Waals surface area contributed by atoms with E-state index in [4.69, 9.17) is 5.11 Å². The summed E-state index contributed by atoms with van der Waals surface area (Å²) >= 11 is 0. The smallest absolute Gasteiger partial charge is 0.200 e. The minimum atomic E-state index is -2.17. The molecule has 18 heavy (non-hydrogen) atoms. The lowest BCUT2D eigenvalue weighted by Crippen LogP contribution is -2.34. The lowest BCUT2D eigenvalue weighted by atomic mass is 10.2. The molecule has 7 heteroatoms. The molecule has 100 valence electrons. The maximum absolute atomic E-state index is 13.5. The van der Waals surface area contributed by atoms with Gasteiger partial charge in [0.25, 0.3) is 0 Å². The van der Waals surface area contributed by atoms with Crippen LogP contribution in [0.2, 0.25) is 0 Å². The second-order valence-corrected chi connectivity index (χ2v) is 4.09. The SMILES string of the molecule is OCC1CCCN1c1c(F)c(F)c(F)c(F)c1F. The van der Waals surface area contributed by atoms with Gasteiger partial charge < -0.3 is 10.0 Å². The van der Waals surface area contributed by atoms with Gasteiger partial charge in [-0.25, -0.2) is 22.0 Å². The fourth-order valence-corrected chi connectivity index (χ4v) is 2.17. The Kier molecular flexibility index (Phi) is 3.43. The van der Waals surface area contributed by atoms with Crippen LogP contribution in [0.5, 0.6) is 0 Å². The van der Waals surface area contributed by atoms with Crippen molar-refractivity contribution in [2.75, 3.05) is 18.1 Å². The molecule has 1 N–H and O–H groups in total. The third-order valence-corrected chi connectivity index (χ3v) is 3.06. The van der Waals surface area contributed by atoms with Gasteiger partial charge in [0.1, 0.15) is 5.69 Å². The third-order valence-electron chi connectivity index (χ3n) is 3.06. The minimum absolute atomic E-state index is 0.142. The molecule has 1 aromatic carbocycles. The van der Waals surface area contributed by atoms with Crippen molar-refractivity contribution < 1.29 is 27.1 Å². The highest BCUT2D eigenvalue weighted by atomic mass is 19.2. The number of nitrogens with zero attached hydrogens (tertiary/aromatic N) is 1. The van der Waals surface area contributed by atoms with E-state index in [1.54, 1.807) is 0 Å². The molecule has 0 spiro atoms. The molecule has 1 atom stereocenters. The Labute approximate surface area is 99.6 Å². The molecule has 0 aromatic heterocycles. The monoisotopic (exact) mass is 267 g/mol. The first-order chi connectivity index (χ1) is 8.49. The molecule has 0 bridgehead atoms. The zero-order chi connectivity index (χ0) is 13.4. The number of aliphatic hydroxyl groups is 1. The van der Waals surface area contributed by atoms with Crippen LogP contribution >= 0.6 is 0 Å². The molecule has 1 aromatic rings. The summed E-state index contributed by atoms with van der Waals surface area (Å²) in [5.74, 6) is -9.81. The second kappa shape index (κ2) is 4.72. The van der Waals surface area contributed by atoms with Crippen LogP contribution in [-0.4, -0.2) is 24.3 Å². The van der Waals surface area contributed by atoms with Crippen LogP contribution in [0.25, 0.3) is 0 Å². The summed E-state index contributed by atoms with van der Waals surface area (Å²) in [5, 5.41) is 9.02. The van der Waals surface area contributed by atoms with E-state index in [1.165, 1.54) is 0 Å². The first-order valence-corrected chi connectivity index (χ1v) is 5.38. The maximum atomic E-state index is 13.5. The van der Waals surface area contributed by atoms with Crippen molar-refractivity contribution in [2.24, 2.45) is 0 Å². The summed E-state index contributed by atoms with van der Waals surface area (Å²) in [7, 11) is 0. The van der Waals surface area contributed by atoms with E-state index in [0.29, 0.717) is 12.8 Å². The fraction of sp³-hybridized carbons (Fsp3) is 0.455. The Morgan fingerprint density at radius 3 is 1.94 bits per heavy atom. The van der Waals surface area contributed by atoms with Gasteiger partial charge in [0.15, 0.2) is 23.3 Å². The van der Waals surface area contributed by atoms with Crippen LogP contribution in [0.3, 0.4) is 0 Å². The number of hydrogen-bond acceptors (Lipinski definition) is 2. The van der Waals surface area contributed by atoms with Crippen LogP contribution in [-0.2, 0) is 0 Å². The molecule has 0 radical (unpaired) electrons. The van der Waals surface area contributed by atoms with Gasteiger partial charge in [0.2, 0.25) is 5.82 Å². The molecule has 2 rings (SSSR count).